The number of nitrogens with one attached hydrogen (secondary N) is 3. The molecule has 1 saturated heterocycles. The van der Waals surface area contributed by atoms with Crippen LogP contribution in [0.2, 0.25) is 0 Å². The van der Waals surface area contributed by atoms with Gasteiger partial charge >= 0.3 is 0 Å². The Labute approximate surface area is 147 Å². The Morgan fingerprint density at radius 2 is 2.12 bits per heavy atom. The van der Waals surface area contributed by atoms with Gasteiger partial charge in [0, 0.05) is 5.69 Å². The maximum absolute atomic E-state index is 12.5. The first kappa shape index (κ1) is 16.3. The Bertz CT molecular complexity index is 734. The minimum atomic E-state index is 0.0100. The van der Waals surface area contributed by atoms with Crippen molar-refractivity contribution in [2.24, 2.45) is 0 Å². The van der Waals surface area contributed by atoms with Crippen LogP contribution in [-0.4, -0.2) is 44.1 Å². The Morgan fingerprint density at radius 3 is 2.88 bits per heavy atom. The molecule has 7 heteroatoms. The van der Waals surface area contributed by atoms with E-state index < -0.39 is 0 Å². The molecule has 2 aromatic rings. The number of amides is 1. The van der Waals surface area contributed by atoms with Gasteiger partial charge in [0.1, 0.15) is 5.82 Å². The number of carbonyl (C=O) groups is 1. The Morgan fingerprint density at radius 1 is 1.28 bits per heavy atom. The lowest BCUT2D eigenvalue weighted by Gasteiger charge is -2.22. The lowest BCUT2D eigenvalue weighted by atomic mass is 10.0. The van der Waals surface area contributed by atoms with E-state index in [9.17, 15) is 4.79 Å². The number of H-pyrrole nitrogens is 2. The largest absolute Gasteiger partial charge is 0.344 e. The molecule has 0 unspecified atom stereocenters. The molecule has 2 aliphatic rings. The summed E-state index contributed by atoms with van der Waals surface area (Å²) in [6.45, 7) is 5.14. The summed E-state index contributed by atoms with van der Waals surface area (Å²) in [6.07, 6.45) is 6.83. The summed E-state index contributed by atoms with van der Waals surface area (Å²) in [5.41, 5.74) is 5.06. The summed E-state index contributed by atoms with van der Waals surface area (Å²) in [6, 6.07) is 0.225. The molecule has 4 rings (SSSR count). The van der Waals surface area contributed by atoms with Gasteiger partial charge in [-0.15, -0.1) is 0 Å². The van der Waals surface area contributed by atoms with Crippen LogP contribution < -0.4 is 5.32 Å². The average molecular weight is 342 g/mol. The summed E-state index contributed by atoms with van der Waals surface area (Å²) in [7, 11) is 0. The van der Waals surface area contributed by atoms with Crippen LogP contribution in [0, 0.1) is 13.8 Å². The molecule has 1 aliphatic carbocycles. The van der Waals surface area contributed by atoms with Crippen molar-refractivity contribution in [3.8, 4) is 0 Å². The molecule has 134 valence electrons. The first-order valence-electron chi connectivity index (χ1n) is 9.25. The topological polar surface area (TPSA) is 89.7 Å². The van der Waals surface area contributed by atoms with E-state index in [4.69, 9.17) is 4.98 Å². The van der Waals surface area contributed by atoms with Crippen molar-refractivity contribution in [2.75, 3.05) is 18.4 Å². The smallest absolute Gasteiger partial charge is 0.238 e. The number of anilines is 1. The molecule has 2 aromatic heterocycles. The van der Waals surface area contributed by atoms with E-state index in [1.807, 2.05) is 13.8 Å². The van der Waals surface area contributed by atoms with E-state index in [-0.39, 0.29) is 11.9 Å². The van der Waals surface area contributed by atoms with Crippen molar-refractivity contribution in [1.82, 2.24) is 25.1 Å². The number of nitrogens with zero attached hydrogens (tertiary/aromatic N) is 3. The van der Waals surface area contributed by atoms with Crippen molar-refractivity contribution >= 4 is 11.6 Å². The molecule has 1 amide bonds. The summed E-state index contributed by atoms with van der Waals surface area (Å²) in [5, 5.41) is 10.0. The second-order valence-electron chi connectivity index (χ2n) is 7.24. The zero-order valence-corrected chi connectivity index (χ0v) is 15.0. The highest BCUT2D eigenvalue weighted by Crippen LogP contribution is 2.32. The number of fused-ring (bicyclic) bond motifs is 1. The van der Waals surface area contributed by atoms with Crippen molar-refractivity contribution in [2.45, 2.75) is 58.4 Å². The molecule has 0 aromatic carbocycles. The molecule has 1 atom stereocenters. The van der Waals surface area contributed by atoms with Gasteiger partial charge in [-0.3, -0.25) is 14.8 Å². The minimum Gasteiger partial charge on any atom is -0.344 e. The monoisotopic (exact) mass is 342 g/mol. The third-order valence-electron chi connectivity index (χ3n) is 5.39. The lowest BCUT2D eigenvalue weighted by molar-refractivity contribution is -0.117. The molecule has 25 heavy (non-hydrogen) atoms. The van der Waals surface area contributed by atoms with E-state index >= 15 is 0 Å². The summed E-state index contributed by atoms with van der Waals surface area (Å²) >= 11 is 0. The van der Waals surface area contributed by atoms with Gasteiger partial charge < -0.3 is 10.3 Å². The van der Waals surface area contributed by atoms with E-state index in [2.05, 4.69) is 25.4 Å². The third kappa shape index (κ3) is 3.20. The van der Waals surface area contributed by atoms with Crippen LogP contribution in [-0.2, 0) is 17.6 Å². The van der Waals surface area contributed by atoms with Gasteiger partial charge in [0.25, 0.3) is 0 Å². The predicted octanol–water partition coefficient (Wildman–Crippen LogP) is 2.40. The molecule has 0 radical (unpaired) electrons. The SMILES string of the molecule is Cc1n[nH]c(C)c1NC(=O)CN1CCC[C@H]1c1nc2c([nH]1)CCCC2. The zero-order chi connectivity index (χ0) is 17.4. The van der Waals surface area contributed by atoms with Crippen LogP contribution in [0.4, 0.5) is 5.69 Å². The normalized spacial score (nSPS) is 20.6. The quantitative estimate of drug-likeness (QED) is 0.796. The van der Waals surface area contributed by atoms with Gasteiger partial charge in [0.05, 0.1) is 35.4 Å². The number of aryl methyl sites for hydroxylation is 4. The molecule has 1 aliphatic heterocycles. The highest BCUT2D eigenvalue weighted by Gasteiger charge is 2.31. The Balaban J connectivity index is 1.44. The molecule has 0 saturated carbocycles. The van der Waals surface area contributed by atoms with Crippen molar-refractivity contribution in [3.05, 3.63) is 28.6 Å². The molecule has 3 heterocycles. The molecular weight excluding hydrogens is 316 g/mol. The number of carbonyl (C=O) groups excluding carboxylic acids is 1. The second kappa shape index (κ2) is 6.63. The molecular formula is C18H26N6O. The van der Waals surface area contributed by atoms with Crippen molar-refractivity contribution in [3.63, 3.8) is 0 Å². The highest BCUT2D eigenvalue weighted by atomic mass is 16.2. The fourth-order valence-electron chi connectivity index (χ4n) is 4.06. The van der Waals surface area contributed by atoms with Crippen LogP contribution >= 0.6 is 0 Å². The van der Waals surface area contributed by atoms with Gasteiger partial charge in [-0.2, -0.15) is 5.10 Å². The molecule has 0 bridgehead atoms. The Hall–Kier alpha value is -2.15. The summed E-state index contributed by atoms with van der Waals surface area (Å²) in [4.78, 5) is 23.2. The molecule has 0 spiro atoms. The fraction of sp³-hybridized carbons (Fsp3) is 0.611. The number of hydrogen-bond donors (Lipinski definition) is 3. The molecule has 3 N–H and O–H groups in total. The first-order chi connectivity index (χ1) is 12.1. The van der Waals surface area contributed by atoms with Crippen LogP contribution in [0.5, 0.6) is 0 Å². The number of likely N-dealkylation sites (tertiary alicyclic amines) is 1. The van der Waals surface area contributed by atoms with Gasteiger partial charge in [-0.1, -0.05) is 0 Å². The van der Waals surface area contributed by atoms with Gasteiger partial charge in [-0.25, -0.2) is 4.98 Å². The van der Waals surface area contributed by atoms with Crippen LogP contribution in [0.1, 0.15) is 60.3 Å². The molecule has 7 nitrogen and oxygen atoms in total. The fourth-order valence-corrected chi connectivity index (χ4v) is 4.06. The lowest BCUT2D eigenvalue weighted by Crippen LogP contribution is -2.33. The number of aromatic amines is 2. The zero-order valence-electron chi connectivity index (χ0n) is 15.0. The van der Waals surface area contributed by atoms with Gasteiger partial charge in [0.2, 0.25) is 5.91 Å². The maximum atomic E-state index is 12.5. The van der Waals surface area contributed by atoms with Crippen LogP contribution in [0.15, 0.2) is 0 Å². The van der Waals surface area contributed by atoms with Crippen molar-refractivity contribution in [1.29, 1.82) is 0 Å². The predicted molar refractivity (Wildman–Crippen MR) is 95.5 cm³/mol. The minimum absolute atomic E-state index is 0.0100. The standard InChI is InChI=1S/C18H26N6O/c1-11-17(12(2)23-22-11)21-16(25)10-24-9-5-8-15(24)18-19-13-6-3-4-7-14(13)20-18/h15H,3-10H2,1-2H3,(H,19,20)(H,21,25)(H,22,23)/t15-/m0/s1. The first-order valence-corrected chi connectivity index (χ1v) is 9.25. The van der Waals surface area contributed by atoms with E-state index in [0.29, 0.717) is 6.54 Å². The van der Waals surface area contributed by atoms with Crippen LogP contribution in [0.25, 0.3) is 0 Å². The number of imidazole rings is 1. The van der Waals surface area contributed by atoms with Crippen molar-refractivity contribution < 1.29 is 4.79 Å². The van der Waals surface area contributed by atoms with Gasteiger partial charge in [0.15, 0.2) is 0 Å². The maximum Gasteiger partial charge on any atom is 0.238 e. The van der Waals surface area contributed by atoms with E-state index in [1.165, 1.54) is 24.2 Å². The summed E-state index contributed by atoms with van der Waals surface area (Å²) in [5.74, 6) is 1.06. The van der Waals surface area contributed by atoms with Crippen LogP contribution in [0.3, 0.4) is 0 Å². The van der Waals surface area contributed by atoms with Gasteiger partial charge in [-0.05, 0) is 58.9 Å². The average Bonchev–Trinajstić information content (AvgIpc) is 3.29. The summed E-state index contributed by atoms with van der Waals surface area (Å²) < 4.78 is 0. The molecule has 1 fully saturated rings. The highest BCUT2D eigenvalue weighted by molar-refractivity contribution is 5.93. The third-order valence-corrected chi connectivity index (χ3v) is 5.39. The second-order valence-corrected chi connectivity index (χ2v) is 7.24. The van der Waals surface area contributed by atoms with E-state index in [1.54, 1.807) is 0 Å². The number of aromatic nitrogens is 4. The number of hydrogen-bond acceptors (Lipinski definition) is 4. The number of rotatable bonds is 4. The van der Waals surface area contributed by atoms with E-state index in [0.717, 1.165) is 55.1 Å². The Kier molecular flexibility index (Phi) is 4.33.